The molecule has 0 spiro atoms. The highest BCUT2D eigenvalue weighted by molar-refractivity contribution is 5.81. The van der Waals surface area contributed by atoms with Gasteiger partial charge in [-0.25, -0.2) is 4.98 Å². The number of ether oxygens (including phenoxy) is 1. The number of fused-ring (bicyclic) bond motifs is 1. The molecule has 0 fully saturated rings. The second-order valence-electron chi connectivity index (χ2n) is 5.97. The molecule has 0 bridgehead atoms. The molecule has 4 heteroatoms. The Morgan fingerprint density at radius 3 is 2.95 bits per heavy atom. The molecule has 104 valence electrons. The van der Waals surface area contributed by atoms with Gasteiger partial charge in [-0.05, 0) is 23.5 Å². The average Bonchev–Trinajstić information content (AvgIpc) is 2.79. The molecule has 2 aromatic heterocycles. The third-order valence-electron chi connectivity index (χ3n) is 2.79. The van der Waals surface area contributed by atoms with Gasteiger partial charge in [0.15, 0.2) is 0 Å². The molecule has 0 saturated carbocycles. The van der Waals surface area contributed by atoms with Crippen molar-refractivity contribution in [1.82, 2.24) is 9.97 Å². The molecule has 0 aliphatic heterocycles. The van der Waals surface area contributed by atoms with Gasteiger partial charge in [-0.3, -0.25) is 0 Å². The minimum absolute atomic E-state index is 0.117. The molecular weight excluding hydrogens is 250 g/mol. The van der Waals surface area contributed by atoms with Gasteiger partial charge >= 0.3 is 0 Å². The fraction of sp³-hybridized carbons (Fsp3) is 0.375. The van der Waals surface area contributed by atoms with Crippen LogP contribution in [0.5, 0.6) is 5.75 Å². The van der Waals surface area contributed by atoms with E-state index in [-0.39, 0.29) is 5.41 Å². The number of nitrogens with one attached hydrogen (secondary N) is 1. The molecule has 2 aromatic rings. The number of aromatic nitrogens is 2. The van der Waals surface area contributed by atoms with E-state index in [9.17, 15) is 0 Å². The average molecular weight is 269 g/mol. The number of rotatable bonds is 4. The fourth-order valence-corrected chi connectivity index (χ4v) is 1.82. The Labute approximate surface area is 119 Å². The summed E-state index contributed by atoms with van der Waals surface area (Å²) >= 11 is 0. The maximum atomic E-state index is 8.52. The van der Waals surface area contributed by atoms with Gasteiger partial charge in [0.2, 0.25) is 0 Å². The van der Waals surface area contributed by atoms with E-state index in [1.54, 1.807) is 6.20 Å². The molecule has 0 aromatic carbocycles. The van der Waals surface area contributed by atoms with Crippen molar-refractivity contribution in [3.63, 3.8) is 0 Å². The predicted molar refractivity (Wildman–Crippen MR) is 79.5 cm³/mol. The normalized spacial score (nSPS) is 11.9. The van der Waals surface area contributed by atoms with E-state index >= 15 is 0 Å². The molecule has 1 N–H and O–H groups in total. The van der Waals surface area contributed by atoms with E-state index < -0.39 is 0 Å². The Hall–Kier alpha value is -2.28. The maximum Gasteiger partial charge on any atom is 0.138 e. The zero-order valence-electron chi connectivity index (χ0n) is 12.1. The van der Waals surface area contributed by atoms with Crippen LogP contribution in [0.2, 0.25) is 0 Å². The Morgan fingerprint density at radius 2 is 2.25 bits per heavy atom. The predicted octanol–water partition coefficient (Wildman–Crippen LogP) is 3.61. The van der Waals surface area contributed by atoms with Crippen LogP contribution in [0.4, 0.5) is 0 Å². The highest BCUT2D eigenvalue weighted by atomic mass is 16.5. The summed E-state index contributed by atoms with van der Waals surface area (Å²) in [6.45, 7) is 7.04. The minimum Gasteiger partial charge on any atom is -0.491 e. The van der Waals surface area contributed by atoms with Crippen molar-refractivity contribution in [2.24, 2.45) is 5.41 Å². The molecule has 0 radical (unpaired) electrons. The maximum absolute atomic E-state index is 8.52. The van der Waals surface area contributed by atoms with Gasteiger partial charge < -0.3 is 9.72 Å². The van der Waals surface area contributed by atoms with Crippen molar-refractivity contribution in [2.75, 3.05) is 6.61 Å². The summed E-state index contributed by atoms with van der Waals surface area (Å²) in [5.74, 6) is 0.775. The number of hydrogen-bond acceptors (Lipinski definition) is 3. The minimum atomic E-state index is 0.117. The van der Waals surface area contributed by atoms with Crippen LogP contribution in [0, 0.1) is 16.7 Å². The molecule has 4 nitrogen and oxygen atoms in total. The number of allylic oxidation sites excluding steroid dienone is 2. The second kappa shape index (κ2) is 5.79. The van der Waals surface area contributed by atoms with Crippen LogP contribution in [0.15, 0.2) is 30.6 Å². The summed E-state index contributed by atoms with van der Waals surface area (Å²) in [6.07, 6.45) is 7.70. The number of aromatic amines is 1. The molecule has 0 aliphatic carbocycles. The van der Waals surface area contributed by atoms with E-state index in [1.165, 1.54) is 6.08 Å². The first-order valence-electron chi connectivity index (χ1n) is 6.63. The van der Waals surface area contributed by atoms with Crippen molar-refractivity contribution in [3.05, 3.63) is 36.2 Å². The van der Waals surface area contributed by atoms with Gasteiger partial charge in [-0.15, -0.1) is 0 Å². The summed E-state index contributed by atoms with van der Waals surface area (Å²) in [5, 5.41) is 9.56. The van der Waals surface area contributed by atoms with Crippen LogP contribution >= 0.6 is 0 Å². The van der Waals surface area contributed by atoms with Crippen LogP contribution in [-0.2, 0) is 6.42 Å². The van der Waals surface area contributed by atoms with E-state index in [0.29, 0.717) is 13.0 Å². The van der Waals surface area contributed by atoms with E-state index in [1.807, 2.05) is 24.4 Å². The van der Waals surface area contributed by atoms with Crippen molar-refractivity contribution >= 4 is 11.0 Å². The van der Waals surface area contributed by atoms with Gasteiger partial charge in [0, 0.05) is 17.7 Å². The molecule has 0 saturated heterocycles. The quantitative estimate of drug-likeness (QED) is 0.862. The lowest BCUT2D eigenvalue weighted by atomic mass is 9.99. The third-order valence-corrected chi connectivity index (χ3v) is 2.79. The van der Waals surface area contributed by atoms with Crippen molar-refractivity contribution in [1.29, 1.82) is 5.26 Å². The summed E-state index contributed by atoms with van der Waals surface area (Å²) in [4.78, 5) is 7.49. The largest absolute Gasteiger partial charge is 0.491 e. The SMILES string of the molecule is CC(C)(C)COc1cnc2[nH]cc(CC=CC#N)c2c1. The van der Waals surface area contributed by atoms with Crippen LogP contribution in [0.3, 0.4) is 0 Å². The molecule has 0 amide bonds. The van der Waals surface area contributed by atoms with Gasteiger partial charge in [0.05, 0.1) is 18.9 Å². The van der Waals surface area contributed by atoms with Gasteiger partial charge in [-0.1, -0.05) is 26.8 Å². The number of H-pyrrole nitrogens is 1. The summed E-state index contributed by atoms with van der Waals surface area (Å²) < 4.78 is 5.78. The lowest BCUT2D eigenvalue weighted by molar-refractivity contribution is 0.197. The summed E-state index contributed by atoms with van der Waals surface area (Å²) in [7, 11) is 0. The standard InChI is InChI=1S/C16H19N3O/c1-16(2,3)11-20-13-8-14-12(6-4-5-7-17)9-18-15(14)19-10-13/h4-5,8-10H,6,11H2,1-3H3,(H,18,19). The smallest absolute Gasteiger partial charge is 0.138 e. The van der Waals surface area contributed by atoms with Crippen molar-refractivity contribution in [3.8, 4) is 11.8 Å². The van der Waals surface area contributed by atoms with E-state index in [4.69, 9.17) is 10.00 Å². The molecule has 0 atom stereocenters. The monoisotopic (exact) mass is 269 g/mol. The summed E-state index contributed by atoms with van der Waals surface area (Å²) in [5.41, 5.74) is 2.07. The van der Waals surface area contributed by atoms with Gasteiger partial charge in [-0.2, -0.15) is 5.26 Å². The first-order chi connectivity index (χ1) is 9.49. The summed E-state index contributed by atoms with van der Waals surface area (Å²) in [6, 6.07) is 4.00. The van der Waals surface area contributed by atoms with Crippen LogP contribution in [-0.4, -0.2) is 16.6 Å². The second-order valence-corrected chi connectivity index (χ2v) is 5.97. The third kappa shape index (κ3) is 3.61. The molecular formula is C16H19N3O. The lowest BCUT2D eigenvalue weighted by Gasteiger charge is -2.18. The molecule has 2 rings (SSSR count). The van der Waals surface area contributed by atoms with Crippen molar-refractivity contribution in [2.45, 2.75) is 27.2 Å². The van der Waals surface area contributed by atoms with E-state index in [0.717, 1.165) is 22.3 Å². The Kier molecular flexibility index (Phi) is 4.09. The zero-order valence-corrected chi connectivity index (χ0v) is 12.1. The van der Waals surface area contributed by atoms with Gasteiger partial charge in [0.1, 0.15) is 11.4 Å². The van der Waals surface area contributed by atoms with Crippen molar-refractivity contribution < 1.29 is 4.74 Å². The van der Waals surface area contributed by atoms with Crippen LogP contribution in [0.1, 0.15) is 26.3 Å². The first kappa shape index (κ1) is 14.1. The number of nitrogens with zero attached hydrogens (tertiary/aromatic N) is 2. The van der Waals surface area contributed by atoms with Crippen LogP contribution < -0.4 is 4.74 Å². The van der Waals surface area contributed by atoms with Gasteiger partial charge in [0.25, 0.3) is 0 Å². The first-order valence-corrected chi connectivity index (χ1v) is 6.63. The highest BCUT2D eigenvalue weighted by Crippen LogP contribution is 2.24. The van der Waals surface area contributed by atoms with Crippen LogP contribution in [0.25, 0.3) is 11.0 Å². The highest BCUT2D eigenvalue weighted by Gasteiger charge is 2.12. The Balaban J connectivity index is 2.21. The molecule has 0 aliphatic rings. The topological polar surface area (TPSA) is 61.7 Å². The zero-order chi connectivity index (χ0) is 14.6. The Morgan fingerprint density at radius 1 is 1.45 bits per heavy atom. The number of hydrogen-bond donors (Lipinski definition) is 1. The molecule has 2 heterocycles. The molecule has 20 heavy (non-hydrogen) atoms. The molecule has 0 unspecified atom stereocenters. The van der Waals surface area contributed by atoms with E-state index in [2.05, 4.69) is 30.7 Å². The fourth-order valence-electron chi connectivity index (χ4n) is 1.82. The number of nitriles is 1. The number of pyridine rings is 1. The lowest BCUT2D eigenvalue weighted by Crippen LogP contribution is -2.16. The Bertz CT molecular complexity index is 656.